The lowest BCUT2D eigenvalue weighted by atomic mass is 9.94. The van der Waals surface area contributed by atoms with E-state index in [9.17, 15) is 9.59 Å². The van der Waals surface area contributed by atoms with Gasteiger partial charge in [-0.15, -0.1) is 0 Å². The van der Waals surface area contributed by atoms with Crippen LogP contribution in [0, 0.1) is 17.8 Å². The quantitative estimate of drug-likeness (QED) is 0.751. The molecule has 0 saturated carbocycles. The number of carbonyl (C=O) groups excluding carboxylic acids is 1. The summed E-state index contributed by atoms with van der Waals surface area (Å²) >= 11 is 0. The maximum atomic E-state index is 11.7. The molecule has 1 fully saturated rings. The van der Waals surface area contributed by atoms with Crippen molar-refractivity contribution in [3.05, 3.63) is 0 Å². The van der Waals surface area contributed by atoms with Crippen LogP contribution in [0.3, 0.4) is 0 Å². The fourth-order valence-electron chi connectivity index (χ4n) is 1.80. The molecule has 0 aromatic heterocycles. The molecule has 0 aliphatic carbocycles. The van der Waals surface area contributed by atoms with Crippen molar-refractivity contribution in [3.63, 3.8) is 0 Å². The Morgan fingerprint density at radius 2 is 1.88 bits per heavy atom. The second-order valence-corrected chi connectivity index (χ2v) is 4.72. The van der Waals surface area contributed by atoms with Crippen molar-refractivity contribution in [1.82, 2.24) is 5.32 Å². The van der Waals surface area contributed by atoms with E-state index in [0.29, 0.717) is 12.5 Å². The molecule has 1 aliphatic heterocycles. The zero-order valence-electron chi connectivity index (χ0n) is 10.4. The maximum absolute atomic E-state index is 11.7. The number of aliphatic carboxylic acids is 1. The summed E-state index contributed by atoms with van der Waals surface area (Å²) in [5.74, 6) is -1.79. The number of carboxylic acid groups (broad SMARTS) is 1. The molecule has 5 nitrogen and oxygen atoms in total. The predicted molar refractivity (Wildman–Crippen MR) is 62.5 cm³/mol. The van der Waals surface area contributed by atoms with Crippen molar-refractivity contribution < 1.29 is 19.4 Å². The van der Waals surface area contributed by atoms with Crippen LogP contribution in [0.15, 0.2) is 0 Å². The SMILES string of the molecule is CC(C(=O)O)C(C)C(=O)NCC1CCOCC1. The lowest BCUT2D eigenvalue weighted by Gasteiger charge is -2.23. The van der Waals surface area contributed by atoms with Gasteiger partial charge in [0.2, 0.25) is 5.91 Å². The average Bonchev–Trinajstić information content (AvgIpc) is 2.35. The first kappa shape index (κ1) is 14.0. The number of carbonyl (C=O) groups is 2. The molecule has 0 radical (unpaired) electrons. The first-order chi connectivity index (χ1) is 8.02. The van der Waals surface area contributed by atoms with E-state index in [0.717, 1.165) is 26.1 Å². The highest BCUT2D eigenvalue weighted by atomic mass is 16.5. The highest BCUT2D eigenvalue weighted by Gasteiger charge is 2.26. The Kier molecular flexibility index (Phi) is 5.41. The molecule has 1 saturated heterocycles. The number of amides is 1. The molecule has 5 heteroatoms. The molecule has 0 bridgehead atoms. The Bertz CT molecular complexity index is 274. The van der Waals surface area contributed by atoms with Crippen molar-refractivity contribution in [2.75, 3.05) is 19.8 Å². The van der Waals surface area contributed by atoms with E-state index in [2.05, 4.69) is 5.32 Å². The largest absolute Gasteiger partial charge is 0.481 e. The van der Waals surface area contributed by atoms with Gasteiger partial charge in [0.1, 0.15) is 0 Å². The number of rotatable bonds is 5. The first-order valence-electron chi connectivity index (χ1n) is 6.10. The minimum absolute atomic E-state index is 0.175. The molecular weight excluding hydrogens is 222 g/mol. The van der Waals surface area contributed by atoms with Gasteiger partial charge in [-0.25, -0.2) is 0 Å². The summed E-state index contributed by atoms with van der Waals surface area (Å²) in [6.07, 6.45) is 1.92. The molecular formula is C12H21NO4. The topological polar surface area (TPSA) is 75.6 Å². The fourth-order valence-corrected chi connectivity index (χ4v) is 1.80. The Morgan fingerprint density at radius 3 is 2.41 bits per heavy atom. The third-order valence-corrected chi connectivity index (χ3v) is 3.46. The standard InChI is InChI=1S/C12H21NO4/c1-8(9(2)12(15)16)11(14)13-7-10-3-5-17-6-4-10/h8-10H,3-7H2,1-2H3,(H,13,14)(H,15,16). The molecule has 98 valence electrons. The van der Waals surface area contributed by atoms with Crippen LogP contribution in [0.25, 0.3) is 0 Å². The summed E-state index contributed by atoms with van der Waals surface area (Å²) in [6.45, 7) is 5.33. The zero-order valence-corrected chi connectivity index (χ0v) is 10.4. The molecule has 1 rings (SSSR count). The molecule has 2 unspecified atom stereocenters. The number of ether oxygens (including phenoxy) is 1. The van der Waals surface area contributed by atoms with Crippen LogP contribution in [0.1, 0.15) is 26.7 Å². The summed E-state index contributed by atoms with van der Waals surface area (Å²) in [5.41, 5.74) is 0. The molecule has 17 heavy (non-hydrogen) atoms. The number of nitrogens with one attached hydrogen (secondary N) is 1. The lowest BCUT2D eigenvalue weighted by Crippen LogP contribution is -2.38. The maximum Gasteiger partial charge on any atom is 0.307 e. The second-order valence-electron chi connectivity index (χ2n) is 4.72. The van der Waals surface area contributed by atoms with Gasteiger partial charge >= 0.3 is 5.97 Å². The van der Waals surface area contributed by atoms with Crippen LogP contribution in [0.5, 0.6) is 0 Å². The van der Waals surface area contributed by atoms with Gasteiger partial charge in [-0.1, -0.05) is 13.8 Å². The van der Waals surface area contributed by atoms with Crippen molar-refractivity contribution in [1.29, 1.82) is 0 Å². The van der Waals surface area contributed by atoms with Crippen molar-refractivity contribution in [3.8, 4) is 0 Å². The summed E-state index contributed by atoms with van der Waals surface area (Å²) in [5, 5.41) is 11.7. The molecule has 2 N–H and O–H groups in total. The second kappa shape index (κ2) is 6.59. The molecule has 1 aliphatic rings. The normalized spacial score (nSPS) is 20.6. The Labute approximate surface area is 102 Å². The van der Waals surface area contributed by atoms with Gasteiger partial charge in [-0.3, -0.25) is 9.59 Å². The van der Waals surface area contributed by atoms with Crippen LogP contribution in [-0.2, 0) is 14.3 Å². The summed E-state index contributed by atoms with van der Waals surface area (Å²) in [7, 11) is 0. The van der Waals surface area contributed by atoms with Gasteiger partial charge in [0.25, 0.3) is 0 Å². The summed E-state index contributed by atoms with van der Waals surface area (Å²) in [4.78, 5) is 22.5. The van der Waals surface area contributed by atoms with E-state index in [-0.39, 0.29) is 5.91 Å². The average molecular weight is 243 g/mol. The smallest absolute Gasteiger partial charge is 0.307 e. The lowest BCUT2D eigenvalue weighted by molar-refractivity contribution is -0.146. The highest BCUT2D eigenvalue weighted by molar-refractivity contribution is 5.84. The van der Waals surface area contributed by atoms with Gasteiger partial charge < -0.3 is 15.2 Å². The van der Waals surface area contributed by atoms with Crippen molar-refractivity contribution in [2.45, 2.75) is 26.7 Å². The summed E-state index contributed by atoms with van der Waals surface area (Å²) < 4.78 is 5.23. The first-order valence-corrected chi connectivity index (χ1v) is 6.10. The molecule has 0 aromatic carbocycles. The highest BCUT2D eigenvalue weighted by Crippen LogP contribution is 2.15. The van der Waals surface area contributed by atoms with Crippen LogP contribution in [-0.4, -0.2) is 36.7 Å². The molecule has 0 aromatic rings. The third kappa shape index (κ3) is 4.34. The Hall–Kier alpha value is -1.10. The molecule has 0 spiro atoms. The van der Waals surface area contributed by atoms with E-state index < -0.39 is 17.8 Å². The molecule has 1 amide bonds. The van der Waals surface area contributed by atoms with Crippen LogP contribution in [0.2, 0.25) is 0 Å². The molecule has 2 atom stereocenters. The van der Waals surface area contributed by atoms with Gasteiger partial charge in [-0.2, -0.15) is 0 Å². The van der Waals surface area contributed by atoms with E-state index in [1.54, 1.807) is 13.8 Å². The van der Waals surface area contributed by atoms with Crippen LogP contribution < -0.4 is 5.32 Å². The van der Waals surface area contributed by atoms with Gasteiger partial charge in [-0.05, 0) is 18.8 Å². The Morgan fingerprint density at radius 1 is 1.29 bits per heavy atom. The van der Waals surface area contributed by atoms with E-state index in [1.807, 2.05) is 0 Å². The van der Waals surface area contributed by atoms with Crippen molar-refractivity contribution >= 4 is 11.9 Å². The molecule has 1 heterocycles. The number of carboxylic acids is 1. The van der Waals surface area contributed by atoms with Crippen LogP contribution >= 0.6 is 0 Å². The zero-order chi connectivity index (χ0) is 12.8. The minimum Gasteiger partial charge on any atom is -0.481 e. The van der Waals surface area contributed by atoms with E-state index in [1.165, 1.54) is 0 Å². The minimum atomic E-state index is -0.932. The van der Waals surface area contributed by atoms with Gasteiger partial charge in [0.05, 0.1) is 5.92 Å². The van der Waals surface area contributed by atoms with E-state index >= 15 is 0 Å². The fraction of sp³-hybridized carbons (Fsp3) is 0.833. The third-order valence-electron chi connectivity index (χ3n) is 3.46. The van der Waals surface area contributed by atoms with Crippen molar-refractivity contribution in [2.24, 2.45) is 17.8 Å². The van der Waals surface area contributed by atoms with E-state index in [4.69, 9.17) is 9.84 Å². The number of hydrogen-bond donors (Lipinski definition) is 2. The number of hydrogen-bond acceptors (Lipinski definition) is 3. The van der Waals surface area contributed by atoms with Gasteiger partial charge in [0, 0.05) is 25.7 Å². The van der Waals surface area contributed by atoms with Gasteiger partial charge in [0.15, 0.2) is 0 Å². The monoisotopic (exact) mass is 243 g/mol. The summed E-state index contributed by atoms with van der Waals surface area (Å²) in [6, 6.07) is 0. The predicted octanol–water partition coefficient (Wildman–Crippen LogP) is 0.886. The van der Waals surface area contributed by atoms with Crippen LogP contribution in [0.4, 0.5) is 0 Å². The Balaban J connectivity index is 2.30.